The molecule has 1 aromatic rings. The maximum Gasteiger partial charge on any atom is 0.228 e. The van der Waals surface area contributed by atoms with Gasteiger partial charge in [0.1, 0.15) is 0 Å². The maximum atomic E-state index is 11.4. The number of aryl methyl sites for hydroxylation is 1. The van der Waals surface area contributed by atoms with Gasteiger partial charge in [0.25, 0.3) is 0 Å². The first-order valence-corrected chi connectivity index (χ1v) is 5.58. The Kier molecular flexibility index (Phi) is 4.43. The number of anilines is 1. The SMILES string of the molecule is Cc1ccc(NC(=S)NC(=O)C(C)C)cc1. The number of benzene rings is 1. The molecule has 0 aliphatic carbocycles. The third kappa shape index (κ3) is 3.98. The largest absolute Gasteiger partial charge is 0.332 e. The molecule has 0 saturated heterocycles. The van der Waals surface area contributed by atoms with E-state index in [-0.39, 0.29) is 11.8 Å². The van der Waals surface area contributed by atoms with Gasteiger partial charge >= 0.3 is 0 Å². The van der Waals surface area contributed by atoms with Crippen LogP contribution in [0.3, 0.4) is 0 Å². The molecule has 1 amide bonds. The number of carbonyl (C=O) groups excluding carboxylic acids is 1. The minimum Gasteiger partial charge on any atom is -0.332 e. The fourth-order valence-corrected chi connectivity index (χ4v) is 1.27. The Balaban J connectivity index is 2.52. The molecule has 1 rings (SSSR count). The van der Waals surface area contributed by atoms with Crippen LogP contribution in [0.25, 0.3) is 0 Å². The van der Waals surface area contributed by atoms with Crippen LogP contribution in [0, 0.1) is 12.8 Å². The molecule has 16 heavy (non-hydrogen) atoms. The van der Waals surface area contributed by atoms with Crippen LogP contribution in [0.1, 0.15) is 19.4 Å². The lowest BCUT2D eigenvalue weighted by molar-refractivity contribution is -0.122. The summed E-state index contributed by atoms with van der Waals surface area (Å²) < 4.78 is 0. The summed E-state index contributed by atoms with van der Waals surface area (Å²) in [6.45, 7) is 5.66. The molecule has 86 valence electrons. The normalized spacial score (nSPS) is 10.0. The second kappa shape index (κ2) is 5.61. The molecule has 0 fully saturated rings. The van der Waals surface area contributed by atoms with Crippen molar-refractivity contribution >= 4 is 28.9 Å². The van der Waals surface area contributed by atoms with Crippen LogP contribution in [0.5, 0.6) is 0 Å². The summed E-state index contributed by atoms with van der Waals surface area (Å²) >= 11 is 5.02. The molecule has 0 saturated carbocycles. The molecule has 0 aliphatic heterocycles. The predicted molar refractivity (Wildman–Crippen MR) is 70.4 cm³/mol. The van der Waals surface area contributed by atoms with Crippen LogP contribution in [-0.2, 0) is 4.79 Å². The Morgan fingerprint density at radius 1 is 1.25 bits per heavy atom. The zero-order valence-electron chi connectivity index (χ0n) is 9.70. The molecule has 0 aromatic heterocycles. The third-order valence-electron chi connectivity index (χ3n) is 2.07. The van der Waals surface area contributed by atoms with Gasteiger partial charge < -0.3 is 10.6 Å². The van der Waals surface area contributed by atoms with Crippen molar-refractivity contribution < 1.29 is 4.79 Å². The van der Waals surface area contributed by atoms with E-state index in [2.05, 4.69) is 10.6 Å². The average molecular weight is 236 g/mol. The second-order valence-corrected chi connectivity index (χ2v) is 4.37. The van der Waals surface area contributed by atoms with Gasteiger partial charge in [0.2, 0.25) is 5.91 Å². The molecule has 0 radical (unpaired) electrons. The van der Waals surface area contributed by atoms with Crippen molar-refractivity contribution in [3.63, 3.8) is 0 Å². The van der Waals surface area contributed by atoms with E-state index in [9.17, 15) is 4.79 Å². The van der Waals surface area contributed by atoms with Crippen molar-refractivity contribution in [2.24, 2.45) is 5.92 Å². The van der Waals surface area contributed by atoms with Gasteiger partial charge in [-0.15, -0.1) is 0 Å². The van der Waals surface area contributed by atoms with Gasteiger partial charge in [-0.2, -0.15) is 0 Å². The quantitative estimate of drug-likeness (QED) is 0.775. The van der Waals surface area contributed by atoms with Gasteiger partial charge in [0.15, 0.2) is 5.11 Å². The number of hydrogen-bond donors (Lipinski definition) is 2. The van der Waals surface area contributed by atoms with Crippen LogP contribution in [0.2, 0.25) is 0 Å². The van der Waals surface area contributed by atoms with Crippen LogP contribution in [-0.4, -0.2) is 11.0 Å². The van der Waals surface area contributed by atoms with E-state index in [1.54, 1.807) is 0 Å². The van der Waals surface area contributed by atoms with Crippen molar-refractivity contribution in [1.29, 1.82) is 0 Å². The van der Waals surface area contributed by atoms with Gasteiger partial charge in [-0.1, -0.05) is 31.5 Å². The Labute approximate surface area is 101 Å². The van der Waals surface area contributed by atoms with E-state index in [1.807, 2.05) is 45.0 Å². The second-order valence-electron chi connectivity index (χ2n) is 3.96. The van der Waals surface area contributed by atoms with Crippen LogP contribution in [0.15, 0.2) is 24.3 Å². The molecule has 0 aliphatic rings. The maximum absolute atomic E-state index is 11.4. The van der Waals surface area contributed by atoms with E-state index >= 15 is 0 Å². The monoisotopic (exact) mass is 236 g/mol. The molecule has 2 N–H and O–H groups in total. The lowest BCUT2D eigenvalue weighted by Crippen LogP contribution is -2.36. The Hall–Kier alpha value is -1.42. The smallest absolute Gasteiger partial charge is 0.228 e. The van der Waals surface area contributed by atoms with Crippen LogP contribution < -0.4 is 10.6 Å². The molecule has 0 bridgehead atoms. The predicted octanol–water partition coefficient (Wildman–Crippen LogP) is 2.46. The summed E-state index contributed by atoms with van der Waals surface area (Å²) in [5.74, 6) is -0.151. The van der Waals surface area contributed by atoms with Crippen molar-refractivity contribution in [2.75, 3.05) is 5.32 Å². The lowest BCUT2D eigenvalue weighted by Gasteiger charge is -2.11. The molecule has 4 heteroatoms. The summed E-state index contributed by atoms with van der Waals surface area (Å²) in [5.41, 5.74) is 2.06. The molecular weight excluding hydrogens is 220 g/mol. The minimum absolute atomic E-state index is 0.0715. The Bertz CT molecular complexity index is 385. The molecule has 1 aromatic carbocycles. The highest BCUT2D eigenvalue weighted by Crippen LogP contribution is 2.08. The summed E-state index contributed by atoms with van der Waals surface area (Å²) in [7, 11) is 0. The zero-order chi connectivity index (χ0) is 12.1. The minimum atomic E-state index is -0.0791. The highest BCUT2D eigenvalue weighted by atomic mass is 32.1. The third-order valence-corrected chi connectivity index (χ3v) is 2.27. The molecule has 0 unspecified atom stereocenters. The van der Waals surface area contributed by atoms with Gasteiger partial charge in [0.05, 0.1) is 0 Å². The molecule has 0 heterocycles. The lowest BCUT2D eigenvalue weighted by atomic mass is 10.2. The van der Waals surface area contributed by atoms with Gasteiger partial charge in [0, 0.05) is 11.6 Å². The number of carbonyl (C=O) groups is 1. The zero-order valence-corrected chi connectivity index (χ0v) is 10.5. The number of amides is 1. The average Bonchev–Trinajstić information content (AvgIpc) is 2.21. The summed E-state index contributed by atoms with van der Waals surface area (Å²) in [5, 5.41) is 5.91. The van der Waals surface area contributed by atoms with Gasteiger partial charge in [-0.3, -0.25) is 4.79 Å². The topological polar surface area (TPSA) is 41.1 Å². The Morgan fingerprint density at radius 2 is 1.81 bits per heavy atom. The highest BCUT2D eigenvalue weighted by molar-refractivity contribution is 7.80. The number of thiocarbonyl (C=S) groups is 1. The van der Waals surface area contributed by atoms with Crippen molar-refractivity contribution in [3.8, 4) is 0 Å². The summed E-state index contributed by atoms with van der Waals surface area (Å²) in [6, 6.07) is 7.80. The van der Waals surface area contributed by atoms with E-state index in [4.69, 9.17) is 12.2 Å². The van der Waals surface area contributed by atoms with E-state index in [0.29, 0.717) is 5.11 Å². The molecule has 3 nitrogen and oxygen atoms in total. The number of hydrogen-bond acceptors (Lipinski definition) is 2. The first-order valence-electron chi connectivity index (χ1n) is 5.17. The van der Waals surface area contributed by atoms with Crippen molar-refractivity contribution in [3.05, 3.63) is 29.8 Å². The Morgan fingerprint density at radius 3 is 2.31 bits per heavy atom. The van der Waals surface area contributed by atoms with E-state index in [0.717, 1.165) is 5.69 Å². The van der Waals surface area contributed by atoms with Crippen molar-refractivity contribution in [2.45, 2.75) is 20.8 Å². The standard InChI is InChI=1S/C12H16N2OS/c1-8(2)11(15)14-12(16)13-10-6-4-9(3)5-7-10/h4-8H,1-3H3,(H2,13,14,15,16). The summed E-state index contributed by atoms with van der Waals surface area (Å²) in [6.07, 6.45) is 0. The first-order chi connectivity index (χ1) is 7.49. The molecule has 0 spiro atoms. The number of nitrogens with one attached hydrogen (secondary N) is 2. The highest BCUT2D eigenvalue weighted by Gasteiger charge is 2.08. The van der Waals surface area contributed by atoms with Crippen LogP contribution in [0.4, 0.5) is 5.69 Å². The molecular formula is C12H16N2OS. The van der Waals surface area contributed by atoms with Crippen LogP contribution >= 0.6 is 12.2 Å². The van der Waals surface area contributed by atoms with Crippen molar-refractivity contribution in [1.82, 2.24) is 5.32 Å². The van der Waals surface area contributed by atoms with Gasteiger partial charge in [-0.05, 0) is 31.3 Å². The first kappa shape index (κ1) is 12.6. The van der Waals surface area contributed by atoms with E-state index in [1.165, 1.54) is 5.56 Å². The van der Waals surface area contributed by atoms with E-state index < -0.39 is 0 Å². The number of rotatable bonds is 2. The van der Waals surface area contributed by atoms with Gasteiger partial charge in [-0.25, -0.2) is 0 Å². The fraction of sp³-hybridized carbons (Fsp3) is 0.333. The fourth-order valence-electron chi connectivity index (χ4n) is 1.06. The summed E-state index contributed by atoms with van der Waals surface area (Å²) in [4.78, 5) is 11.4. The molecule has 0 atom stereocenters.